The Labute approximate surface area is 103 Å². The molecule has 0 aliphatic rings. The van der Waals surface area contributed by atoms with Crippen molar-refractivity contribution in [1.29, 1.82) is 0 Å². The number of amides is 1. The van der Waals surface area contributed by atoms with Crippen LogP contribution in [-0.4, -0.2) is 42.0 Å². The van der Waals surface area contributed by atoms with E-state index in [0.29, 0.717) is 4.90 Å². The van der Waals surface area contributed by atoms with Gasteiger partial charge in [-0.05, 0) is 12.1 Å². The van der Waals surface area contributed by atoms with Gasteiger partial charge in [-0.1, -0.05) is 12.1 Å². The molecule has 1 rings (SSSR count). The molecular weight excluding hydrogens is 248 g/mol. The summed E-state index contributed by atoms with van der Waals surface area (Å²) in [4.78, 5) is 13.3. The number of hydrogen-bond acceptors (Lipinski definition) is 3. The SMILES string of the molecule is O=C(c1ccccc1S)N(CCO)CC(F)F. The zero-order chi connectivity index (χ0) is 12.8. The van der Waals surface area contributed by atoms with Gasteiger partial charge in [-0.25, -0.2) is 8.78 Å². The molecule has 1 aromatic rings. The van der Waals surface area contributed by atoms with Gasteiger partial charge in [-0.3, -0.25) is 4.79 Å². The van der Waals surface area contributed by atoms with Crippen molar-refractivity contribution in [3.63, 3.8) is 0 Å². The molecule has 3 nitrogen and oxygen atoms in total. The lowest BCUT2D eigenvalue weighted by Crippen LogP contribution is -2.37. The van der Waals surface area contributed by atoms with E-state index in [4.69, 9.17) is 5.11 Å². The molecule has 0 bridgehead atoms. The summed E-state index contributed by atoms with van der Waals surface area (Å²) in [6.07, 6.45) is -2.63. The van der Waals surface area contributed by atoms with E-state index in [1.54, 1.807) is 18.2 Å². The first-order chi connectivity index (χ1) is 8.06. The van der Waals surface area contributed by atoms with Crippen LogP contribution in [0.25, 0.3) is 0 Å². The lowest BCUT2D eigenvalue weighted by molar-refractivity contribution is 0.0506. The molecule has 1 amide bonds. The van der Waals surface area contributed by atoms with Crippen molar-refractivity contribution in [3.05, 3.63) is 29.8 Å². The normalized spacial score (nSPS) is 10.6. The first-order valence-corrected chi connectivity index (χ1v) is 5.47. The van der Waals surface area contributed by atoms with Crippen LogP contribution < -0.4 is 0 Å². The van der Waals surface area contributed by atoms with Crippen molar-refractivity contribution >= 4 is 18.5 Å². The molecule has 0 aliphatic carbocycles. The number of halogens is 2. The van der Waals surface area contributed by atoms with Crippen LogP contribution >= 0.6 is 12.6 Å². The number of alkyl halides is 2. The quantitative estimate of drug-likeness (QED) is 0.792. The van der Waals surface area contributed by atoms with E-state index in [2.05, 4.69) is 12.6 Å². The Morgan fingerprint density at radius 2 is 2.06 bits per heavy atom. The maximum absolute atomic E-state index is 12.3. The van der Waals surface area contributed by atoms with Crippen molar-refractivity contribution in [2.45, 2.75) is 11.3 Å². The molecule has 0 saturated heterocycles. The van der Waals surface area contributed by atoms with Gasteiger partial charge in [0.15, 0.2) is 0 Å². The fraction of sp³-hybridized carbons (Fsp3) is 0.364. The van der Waals surface area contributed by atoms with Gasteiger partial charge in [0.2, 0.25) is 0 Å². The highest BCUT2D eigenvalue weighted by Crippen LogP contribution is 2.15. The molecule has 0 heterocycles. The average Bonchev–Trinajstić information content (AvgIpc) is 2.28. The van der Waals surface area contributed by atoms with Gasteiger partial charge in [0, 0.05) is 11.4 Å². The van der Waals surface area contributed by atoms with Crippen LogP contribution in [0.2, 0.25) is 0 Å². The largest absolute Gasteiger partial charge is 0.395 e. The van der Waals surface area contributed by atoms with E-state index >= 15 is 0 Å². The van der Waals surface area contributed by atoms with Crippen molar-refractivity contribution in [2.24, 2.45) is 0 Å². The number of aliphatic hydroxyl groups excluding tert-OH is 1. The van der Waals surface area contributed by atoms with Crippen LogP contribution in [0.3, 0.4) is 0 Å². The van der Waals surface area contributed by atoms with Gasteiger partial charge >= 0.3 is 0 Å². The second kappa shape index (κ2) is 6.56. The van der Waals surface area contributed by atoms with Crippen LogP contribution in [0, 0.1) is 0 Å². The summed E-state index contributed by atoms with van der Waals surface area (Å²) >= 11 is 4.09. The minimum atomic E-state index is -2.63. The molecule has 0 spiro atoms. The van der Waals surface area contributed by atoms with Crippen molar-refractivity contribution in [3.8, 4) is 0 Å². The maximum Gasteiger partial charge on any atom is 0.255 e. The van der Waals surface area contributed by atoms with Crippen molar-refractivity contribution < 1.29 is 18.7 Å². The monoisotopic (exact) mass is 261 g/mol. The van der Waals surface area contributed by atoms with Gasteiger partial charge in [0.25, 0.3) is 12.3 Å². The zero-order valence-corrected chi connectivity index (χ0v) is 9.91. The number of rotatable bonds is 5. The van der Waals surface area contributed by atoms with E-state index in [1.807, 2.05) is 0 Å². The summed E-state index contributed by atoms with van der Waals surface area (Å²) < 4.78 is 24.6. The van der Waals surface area contributed by atoms with Gasteiger partial charge in [0.1, 0.15) is 0 Å². The molecule has 0 atom stereocenters. The lowest BCUT2D eigenvalue weighted by atomic mass is 10.2. The predicted octanol–water partition coefficient (Wildman–Crippen LogP) is 1.67. The summed E-state index contributed by atoms with van der Waals surface area (Å²) in [6.45, 7) is -1.17. The molecule has 0 radical (unpaired) electrons. The molecule has 6 heteroatoms. The van der Waals surface area contributed by atoms with Crippen LogP contribution in [0.4, 0.5) is 8.78 Å². The molecule has 17 heavy (non-hydrogen) atoms. The second-order valence-corrected chi connectivity index (χ2v) is 3.86. The van der Waals surface area contributed by atoms with E-state index in [0.717, 1.165) is 4.90 Å². The van der Waals surface area contributed by atoms with Gasteiger partial charge < -0.3 is 10.0 Å². The predicted molar refractivity (Wildman–Crippen MR) is 62.7 cm³/mol. The van der Waals surface area contributed by atoms with E-state index < -0.39 is 18.9 Å². The topological polar surface area (TPSA) is 40.5 Å². The number of carbonyl (C=O) groups is 1. The minimum Gasteiger partial charge on any atom is -0.395 e. The highest BCUT2D eigenvalue weighted by atomic mass is 32.1. The summed E-state index contributed by atoms with van der Waals surface area (Å²) in [6, 6.07) is 6.45. The molecule has 1 aromatic carbocycles. The Morgan fingerprint density at radius 1 is 1.41 bits per heavy atom. The van der Waals surface area contributed by atoms with Crippen LogP contribution in [-0.2, 0) is 0 Å². The molecule has 0 fully saturated rings. The van der Waals surface area contributed by atoms with Crippen LogP contribution in [0.15, 0.2) is 29.2 Å². The number of thiol groups is 1. The Kier molecular flexibility index (Phi) is 5.37. The lowest BCUT2D eigenvalue weighted by Gasteiger charge is -2.21. The van der Waals surface area contributed by atoms with Gasteiger partial charge in [-0.2, -0.15) is 0 Å². The van der Waals surface area contributed by atoms with Gasteiger partial charge in [0.05, 0.1) is 18.7 Å². The highest BCUT2D eigenvalue weighted by Gasteiger charge is 2.20. The Bertz CT molecular complexity index is 387. The zero-order valence-electron chi connectivity index (χ0n) is 9.01. The molecule has 0 unspecified atom stereocenters. The average molecular weight is 261 g/mol. The number of carbonyl (C=O) groups excluding carboxylic acids is 1. The van der Waals surface area contributed by atoms with Crippen molar-refractivity contribution in [1.82, 2.24) is 4.90 Å². The van der Waals surface area contributed by atoms with E-state index in [9.17, 15) is 13.6 Å². The number of aliphatic hydroxyl groups is 1. The number of benzene rings is 1. The van der Waals surface area contributed by atoms with E-state index in [1.165, 1.54) is 6.07 Å². The summed E-state index contributed by atoms with van der Waals surface area (Å²) in [5, 5.41) is 8.76. The highest BCUT2D eigenvalue weighted by molar-refractivity contribution is 7.80. The Morgan fingerprint density at radius 3 is 2.59 bits per heavy atom. The van der Waals surface area contributed by atoms with Gasteiger partial charge in [-0.15, -0.1) is 12.6 Å². The maximum atomic E-state index is 12.3. The molecule has 1 N–H and O–H groups in total. The number of nitrogens with zero attached hydrogens (tertiary/aromatic N) is 1. The Hall–Kier alpha value is -1.14. The first kappa shape index (κ1) is 13.9. The molecule has 0 aliphatic heterocycles. The summed E-state index contributed by atoms with van der Waals surface area (Å²) in [5.74, 6) is -0.551. The summed E-state index contributed by atoms with van der Waals surface area (Å²) in [7, 11) is 0. The molecular formula is C11H13F2NO2S. The second-order valence-electron chi connectivity index (χ2n) is 3.38. The van der Waals surface area contributed by atoms with Crippen LogP contribution in [0.1, 0.15) is 10.4 Å². The fourth-order valence-corrected chi connectivity index (χ4v) is 1.64. The fourth-order valence-electron chi connectivity index (χ4n) is 1.39. The third-order valence-electron chi connectivity index (χ3n) is 2.15. The summed E-state index contributed by atoms with van der Waals surface area (Å²) in [5.41, 5.74) is 0.255. The Balaban J connectivity index is 2.88. The third kappa shape index (κ3) is 3.98. The van der Waals surface area contributed by atoms with Crippen LogP contribution in [0.5, 0.6) is 0 Å². The smallest absolute Gasteiger partial charge is 0.255 e. The molecule has 0 aromatic heterocycles. The molecule has 94 valence electrons. The molecule has 0 saturated carbocycles. The van der Waals surface area contributed by atoms with Crippen molar-refractivity contribution in [2.75, 3.05) is 19.7 Å². The number of hydrogen-bond donors (Lipinski definition) is 2. The third-order valence-corrected chi connectivity index (χ3v) is 2.54. The minimum absolute atomic E-state index is 0.120. The first-order valence-electron chi connectivity index (χ1n) is 5.02. The standard InChI is InChI=1S/C11H13F2NO2S/c12-10(13)7-14(5-6-15)11(16)8-3-1-2-4-9(8)17/h1-4,10,15,17H,5-7H2. The van der Waals surface area contributed by atoms with E-state index in [-0.39, 0.29) is 18.7 Å².